The molecule has 114 valence electrons. The minimum Gasteiger partial charge on any atom is -0.396 e. The van der Waals surface area contributed by atoms with E-state index in [0.717, 1.165) is 38.1 Å². The Hall–Kier alpha value is -2.18. The van der Waals surface area contributed by atoms with Crippen LogP contribution in [0.1, 0.15) is 29.6 Å². The summed E-state index contributed by atoms with van der Waals surface area (Å²) >= 11 is 0. The molecule has 0 spiro atoms. The first-order chi connectivity index (χ1) is 9.99. The third kappa shape index (κ3) is 3.68. The standard InChI is InChI=1S/C14H17F2N3O2/c15-9-7-10(13(16)11(17)8-9)14(21)18-4-3-12(20)19-5-1-2-6-19/h7-8H,1-6,17H2,(H,18,21). The van der Waals surface area contributed by atoms with Gasteiger partial charge in [-0.15, -0.1) is 0 Å². The van der Waals surface area contributed by atoms with Crippen LogP contribution in [0, 0.1) is 11.6 Å². The Kier molecular flexibility index (Phi) is 4.72. The first-order valence-electron chi connectivity index (χ1n) is 6.79. The molecule has 0 saturated carbocycles. The zero-order valence-corrected chi connectivity index (χ0v) is 11.5. The number of nitrogens with zero attached hydrogens (tertiary/aromatic N) is 1. The minimum absolute atomic E-state index is 0.0490. The smallest absolute Gasteiger partial charge is 0.254 e. The third-order valence-electron chi connectivity index (χ3n) is 3.39. The molecule has 1 aromatic rings. The molecule has 2 rings (SSSR count). The summed E-state index contributed by atoms with van der Waals surface area (Å²) in [5.41, 5.74) is 4.38. The monoisotopic (exact) mass is 297 g/mol. The molecule has 0 bridgehead atoms. The fourth-order valence-corrected chi connectivity index (χ4v) is 2.28. The number of nitrogens with one attached hydrogen (secondary N) is 1. The summed E-state index contributed by atoms with van der Waals surface area (Å²) in [6.07, 6.45) is 2.12. The number of nitrogens with two attached hydrogens (primary N) is 1. The lowest BCUT2D eigenvalue weighted by Gasteiger charge is -2.15. The topological polar surface area (TPSA) is 75.4 Å². The van der Waals surface area contributed by atoms with E-state index in [9.17, 15) is 18.4 Å². The molecular formula is C14H17F2N3O2. The van der Waals surface area contributed by atoms with Crippen molar-refractivity contribution < 1.29 is 18.4 Å². The van der Waals surface area contributed by atoms with E-state index in [-0.39, 0.29) is 18.9 Å². The van der Waals surface area contributed by atoms with Crippen LogP contribution in [0.5, 0.6) is 0 Å². The summed E-state index contributed by atoms with van der Waals surface area (Å²) in [5.74, 6) is -2.58. The van der Waals surface area contributed by atoms with Gasteiger partial charge in [-0.2, -0.15) is 0 Å². The molecule has 0 atom stereocenters. The van der Waals surface area contributed by atoms with Crippen molar-refractivity contribution in [2.75, 3.05) is 25.4 Å². The number of carbonyl (C=O) groups excluding carboxylic acids is 2. The predicted molar refractivity (Wildman–Crippen MR) is 73.5 cm³/mol. The average Bonchev–Trinajstić information content (AvgIpc) is 2.96. The van der Waals surface area contributed by atoms with Crippen LogP contribution < -0.4 is 11.1 Å². The quantitative estimate of drug-likeness (QED) is 0.822. The number of benzene rings is 1. The van der Waals surface area contributed by atoms with Crippen molar-refractivity contribution in [2.45, 2.75) is 19.3 Å². The molecule has 1 aliphatic heterocycles. The Labute approximate surface area is 121 Å². The van der Waals surface area contributed by atoms with Crippen LogP contribution in [0.4, 0.5) is 14.5 Å². The highest BCUT2D eigenvalue weighted by molar-refractivity contribution is 5.95. The molecule has 21 heavy (non-hydrogen) atoms. The lowest BCUT2D eigenvalue weighted by Crippen LogP contribution is -2.33. The van der Waals surface area contributed by atoms with Gasteiger partial charge in [0.1, 0.15) is 5.82 Å². The molecule has 1 aromatic carbocycles. The van der Waals surface area contributed by atoms with Gasteiger partial charge in [0.2, 0.25) is 5.91 Å². The van der Waals surface area contributed by atoms with Crippen molar-refractivity contribution in [1.82, 2.24) is 10.2 Å². The van der Waals surface area contributed by atoms with Crippen LogP contribution in [0.3, 0.4) is 0 Å². The fraction of sp³-hybridized carbons (Fsp3) is 0.429. The molecule has 3 N–H and O–H groups in total. The lowest BCUT2D eigenvalue weighted by molar-refractivity contribution is -0.129. The second kappa shape index (κ2) is 6.51. The molecule has 2 amide bonds. The summed E-state index contributed by atoms with van der Waals surface area (Å²) in [4.78, 5) is 25.3. The molecule has 1 aliphatic rings. The molecule has 0 aromatic heterocycles. The number of rotatable bonds is 4. The highest BCUT2D eigenvalue weighted by atomic mass is 19.1. The second-order valence-corrected chi connectivity index (χ2v) is 4.95. The van der Waals surface area contributed by atoms with Gasteiger partial charge in [0.25, 0.3) is 5.91 Å². The molecular weight excluding hydrogens is 280 g/mol. The summed E-state index contributed by atoms with van der Waals surface area (Å²) in [7, 11) is 0. The molecule has 0 aliphatic carbocycles. The average molecular weight is 297 g/mol. The van der Waals surface area contributed by atoms with Crippen molar-refractivity contribution in [3.8, 4) is 0 Å². The van der Waals surface area contributed by atoms with Crippen molar-refractivity contribution >= 4 is 17.5 Å². The van der Waals surface area contributed by atoms with Gasteiger partial charge in [-0.05, 0) is 25.0 Å². The van der Waals surface area contributed by atoms with Crippen LogP contribution >= 0.6 is 0 Å². The molecule has 7 heteroatoms. The van der Waals surface area contributed by atoms with Gasteiger partial charge in [-0.25, -0.2) is 8.78 Å². The van der Waals surface area contributed by atoms with E-state index in [0.29, 0.717) is 0 Å². The minimum atomic E-state index is -0.959. The highest BCUT2D eigenvalue weighted by Crippen LogP contribution is 2.17. The Morgan fingerprint density at radius 1 is 1.24 bits per heavy atom. The van der Waals surface area contributed by atoms with E-state index < -0.39 is 28.8 Å². The maximum absolute atomic E-state index is 13.6. The van der Waals surface area contributed by atoms with E-state index >= 15 is 0 Å². The largest absolute Gasteiger partial charge is 0.396 e. The van der Waals surface area contributed by atoms with Gasteiger partial charge in [-0.1, -0.05) is 0 Å². The van der Waals surface area contributed by atoms with Gasteiger partial charge in [-0.3, -0.25) is 9.59 Å². The summed E-state index contributed by atoms with van der Waals surface area (Å²) < 4.78 is 26.8. The Balaban J connectivity index is 1.89. The van der Waals surface area contributed by atoms with Crippen LogP contribution in [0.2, 0.25) is 0 Å². The van der Waals surface area contributed by atoms with Crippen LogP contribution in [0.15, 0.2) is 12.1 Å². The third-order valence-corrected chi connectivity index (χ3v) is 3.39. The zero-order valence-electron chi connectivity index (χ0n) is 11.5. The molecule has 1 heterocycles. The molecule has 1 saturated heterocycles. The van der Waals surface area contributed by atoms with Crippen molar-refractivity contribution in [3.05, 3.63) is 29.3 Å². The number of amides is 2. The highest BCUT2D eigenvalue weighted by Gasteiger charge is 2.19. The van der Waals surface area contributed by atoms with Gasteiger partial charge < -0.3 is 16.0 Å². The molecule has 0 unspecified atom stereocenters. The van der Waals surface area contributed by atoms with Crippen molar-refractivity contribution in [2.24, 2.45) is 0 Å². The SMILES string of the molecule is Nc1cc(F)cc(C(=O)NCCC(=O)N2CCCC2)c1F. The summed E-state index contributed by atoms with van der Waals surface area (Å²) in [6, 6.07) is 1.59. The predicted octanol–water partition coefficient (Wildman–Crippen LogP) is 1.29. The zero-order chi connectivity index (χ0) is 15.4. The Bertz CT molecular complexity index is 557. The van der Waals surface area contributed by atoms with E-state index in [1.807, 2.05) is 0 Å². The van der Waals surface area contributed by atoms with Crippen LogP contribution in [-0.2, 0) is 4.79 Å². The number of halogens is 2. The lowest BCUT2D eigenvalue weighted by atomic mass is 10.1. The summed E-state index contributed by atoms with van der Waals surface area (Å²) in [6.45, 7) is 1.55. The maximum Gasteiger partial charge on any atom is 0.254 e. The van der Waals surface area contributed by atoms with Crippen molar-refractivity contribution in [3.63, 3.8) is 0 Å². The number of carbonyl (C=O) groups is 2. The van der Waals surface area contributed by atoms with Gasteiger partial charge in [0, 0.05) is 26.1 Å². The van der Waals surface area contributed by atoms with Gasteiger partial charge in [0.05, 0.1) is 11.3 Å². The normalized spacial score (nSPS) is 14.3. The first kappa shape index (κ1) is 15.2. The van der Waals surface area contributed by atoms with Crippen molar-refractivity contribution in [1.29, 1.82) is 0 Å². The Morgan fingerprint density at radius 3 is 2.57 bits per heavy atom. The fourth-order valence-electron chi connectivity index (χ4n) is 2.28. The molecule has 0 radical (unpaired) electrons. The van der Waals surface area contributed by atoms with Crippen LogP contribution in [0.25, 0.3) is 0 Å². The van der Waals surface area contributed by atoms with Crippen LogP contribution in [-0.4, -0.2) is 36.3 Å². The number of nitrogen functional groups attached to an aromatic ring is 1. The molecule has 5 nitrogen and oxygen atoms in total. The second-order valence-electron chi connectivity index (χ2n) is 4.95. The number of hydrogen-bond donors (Lipinski definition) is 2. The maximum atomic E-state index is 13.6. The number of likely N-dealkylation sites (tertiary alicyclic amines) is 1. The molecule has 1 fully saturated rings. The van der Waals surface area contributed by atoms with E-state index in [4.69, 9.17) is 5.73 Å². The number of anilines is 1. The van der Waals surface area contributed by atoms with E-state index in [2.05, 4.69) is 5.32 Å². The van der Waals surface area contributed by atoms with Gasteiger partial charge in [0.15, 0.2) is 5.82 Å². The van der Waals surface area contributed by atoms with Gasteiger partial charge >= 0.3 is 0 Å². The first-order valence-corrected chi connectivity index (χ1v) is 6.79. The summed E-state index contributed by atoms with van der Waals surface area (Å²) in [5, 5.41) is 2.40. The van der Waals surface area contributed by atoms with E-state index in [1.54, 1.807) is 4.90 Å². The number of hydrogen-bond acceptors (Lipinski definition) is 3. The van der Waals surface area contributed by atoms with E-state index in [1.165, 1.54) is 0 Å². The Morgan fingerprint density at radius 2 is 1.90 bits per heavy atom.